The van der Waals surface area contributed by atoms with Crippen molar-refractivity contribution in [1.82, 2.24) is 5.32 Å². The molecule has 2 rings (SSSR count). The first-order chi connectivity index (χ1) is 8.74. The molecule has 0 amide bonds. The van der Waals surface area contributed by atoms with Gasteiger partial charge < -0.3 is 15.0 Å². The molecule has 0 aliphatic carbocycles. The number of hydrogen-bond acceptors (Lipinski definition) is 4. The van der Waals surface area contributed by atoms with Gasteiger partial charge in [0, 0.05) is 25.2 Å². The minimum atomic E-state index is 0.226. The van der Waals surface area contributed by atoms with Gasteiger partial charge in [0.2, 0.25) is 0 Å². The number of hydrogen-bond donors (Lipinski definition) is 1. The van der Waals surface area contributed by atoms with Gasteiger partial charge in [-0.15, -0.1) is 0 Å². The van der Waals surface area contributed by atoms with Crippen LogP contribution >= 0.6 is 0 Å². The fourth-order valence-corrected chi connectivity index (χ4v) is 2.50. The lowest BCUT2D eigenvalue weighted by Crippen LogP contribution is -2.55. The summed E-state index contributed by atoms with van der Waals surface area (Å²) in [5.74, 6) is 0.891. The molecule has 1 saturated heterocycles. The monoisotopic (exact) mass is 245 g/mol. The number of anilines is 1. The molecule has 1 aromatic rings. The molecule has 1 aromatic carbocycles. The lowest BCUT2D eigenvalue weighted by atomic mass is 10.1. The van der Waals surface area contributed by atoms with E-state index in [0.717, 1.165) is 24.5 Å². The van der Waals surface area contributed by atoms with Crippen LogP contribution in [0.15, 0.2) is 24.3 Å². The summed E-state index contributed by atoms with van der Waals surface area (Å²) >= 11 is 0. The molecular formula is C14H19N3O. The number of nitrogens with one attached hydrogen (secondary N) is 1. The molecule has 1 heterocycles. The van der Waals surface area contributed by atoms with E-state index in [2.05, 4.69) is 29.3 Å². The van der Waals surface area contributed by atoms with Crippen molar-refractivity contribution in [2.75, 3.05) is 25.1 Å². The standard InChI is InChI=1S/C14H19N3O/c1-11-9-17(10-12(16-11)7-8-15)13-5-3-4-6-14(13)18-2/h3-6,11-12,16H,7,9-10H2,1-2H3. The normalized spacial score (nSPS) is 23.5. The van der Waals surface area contributed by atoms with E-state index in [1.807, 2.05) is 18.2 Å². The number of nitrogens with zero attached hydrogens (tertiary/aromatic N) is 2. The average Bonchev–Trinajstić information content (AvgIpc) is 2.38. The SMILES string of the molecule is COc1ccccc1N1CC(C)NC(CC#N)C1. The molecule has 1 fully saturated rings. The Bertz CT molecular complexity index is 441. The summed E-state index contributed by atoms with van der Waals surface area (Å²) in [5.41, 5.74) is 1.11. The predicted octanol–water partition coefficient (Wildman–Crippen LogP) is 1.78. The first-order valence-corrected chi connectivity index (χ1v) is 6.25. The summed E-state index contributed by atoms with van der Waals surface area (Å²) in [6.45, 7) is 3.92. The van der Waals surface area contributed by atoms with E-state index in [0.29, 0.717) is 12.5 Å². The van der Waals surface area contributed by atoms with E-state index in [-0.39, 0.29) is 6.04 Å². The summed E-state index contributed by atoms with van der Waals surface area (Å²) in [6.07, 6.45) is 0.538. The van der Waals surface area contributed by atoms with Gasteiger partial charge in [-0.1, -0.05) is 12.1 Å². The van der Waals surface area contributed by atoms with E-state index in [1.54, 1.807) is 7.11 Å². The topological polar surface area (TPSA) is 48.3 Å². The summed E-state index contributed by atoms with van der Waals surface area (Å²) in [4.78, 5) is 2.29. The highest BCUT2D eigenvalue weighted by atomic mass is 16.5. The summed E-state index contributed by atoms with van der Waals surface area (Å²) in [7, 11) is 1.69. The number of benzene rings is 1. The van der Waals surface area contributed by atoms with Gasteiger partial charge in [-0.3, -0.25) is 0 Å². The van der Waals surface area contributed by atoms with Crippen LogP contribution in [-0.2, 0) is 0 Å². The maximum atomic E-state index is 8.83. The Morgan fingerprint density at radius 1 is 1.44 bits per heavy atom. The van der Waals surface area contributed by atoms with Crippen LogP contribution < -0.4 is 15.0 Å². The quantitative estimate of drug-likeness (QED) is 0.881. The maximum Gasteiger partial charge on any atom is 0.142 e. The van der Waals surface area contributed by atoms with Crippen molar-refractivity contribution < 1.29 is 4.74 Å². The molecule has 18 heavy (non-hydrogen) atoms. The molecular weight excluding hydrogens is 226 g/mol. The zero-order valence-corrected chi connectivity index (χ0v) is 10.9. The predicted molar refractivity (Wildman–Crippen MR) is 71.8 cm³/mol. The fourth-order valence-electron chi connectivity index (χ4n) is 2.50. The Hall–Kier alpha value is -1.73. The van der Waals surface area contributed by atoms with Crippen LogP contribution in [0.25, 0.3) is 0 Å². The van der Waals surface area contributed by atoms with Crippen molar-refractivity contribution in [3.05, 3.63) is 24.3 Å². The molecule has 0 aromatic heterocycles. The zero-order chi connectivity index (χ0) is 13.0. The lowest BCUT2D eigenvalue weighted by Gasteiger charge is -2.38. The summed E-state index contributed by atoms with van der Waals surface area (Å²) in [5, 5.41) is 12.3. The molecule has 0 saturated carbocycles. The van der Waals surface area contributed by atoms with Gasteiger partial charge in [0.15, 0.2) is 0 Å². The zero-order valence-electron chi connectivity index (χ0n) is 10.9. The second-order valence-electron chi connectivity index (χ2n) is 4.70. The third-order valence-corrected chi connectivity index (χ3v) is 3.22. The van der Waals surface area contributed by atoms with Crippen LogP contribution in [0.2, 0.25) is 0 Å². The highest BCUT2D eigenvalue weighted by molar-refractivity contribution is 5.59. The Labute approximate surface area is 108 Å². The van der Waals surface area contributed by atoms with Crippen molar-refractivity contribution in [3.63, 3.8) is 0 Å². The maximum absolute atomic E-state index is 8.83. The molecule has 1 aliphatic rings. The second-order valence-corrected chi connectivity index (χ2v) is 4.70. The van der Waals surface area contributed by atoms with Crippen molar-refractivity contribution >= 4 is 5.69 Å². The smallest absolute Gasteiger partial charge is 0.142 e. The van der Waals surface area contributed by atoms with E-state index in [9.17, 15) is 0 Å². The minimum Gasteiger partial charge on any atom is -0.495 e. The van der Waals surface area contributed by atoms with Gasteiger partial charge in [0.25, 0.3) is 0 Å². The second kappa shape index (κ2) is 5.74. The lowest BCUT2D eigenvalue weighted by molar-refractivity contribution is 0.381. The van der Waals surface area contributed by atoms with Gasteiger partial charge in [-0.25, -0.2) is 0 Å². The van der Waals surface area contributed by atoms with Crippen LogP contribution in [-0.4, -0.2) is 32.3 Å². The molecule has 0 radical (unpaired) electrons. The van der Waals surface area contributed by atoms with Crippen molar-refractivity contribution in [3.8, 4) is 11.8 Å². The highest BCUT2D eigenvalue weighted by Crippen LogP contribution is 2.29. The molecule has 2 atom stereocenters. The first-order valence-electron chi connectivity index (χ1n) is 6.25. The van der Waals surface area contributed by atoms with Crippen LogP contribution in [0.1, 0.15) is 13.3 Å². The third kappa shape index (κ3) is 2.74. The number of piperazine rings is 1. The van der Waals surface area contributed by atoms with Crippen LogP contribution in [0.5, 0.6) is 5.75 Å². The number of para-hydroxylation sites is 2. The molecule has 4 nitrogen and oxygen atoms in total. The molecule has 4 heteroatoms. The Balaban J connectivity index is 2.19. The van der Waals surface area contributed by atoms with Crippen LogP contribution in [0.3, 0.4) is 0 Å². The fraction of sp³-hybridized carbons (Fsp3) is 0.500. The van der Waals surface area contributed by atoms with Crippen LogP contribution in [0, 0.1) is 11.3 Å². The highest BCUT2D eigenvalue weighted by Gasteiger charge is 2.25. The van der Waals surface area contributed by atoms with E-state index >= 15 is 0 Å². The third-order valence-electron chi connectivity index (χ3n) is 3.22. The molecule has 1 N–H and O–H groups in total. The Morgan fingerprint density at radius 3 is 2.94 bits per heavy atom. The number of rotatable bonds is 3. The number of methoxy groups -OCH3 is 1. The minimum absolute atomic E-state index is 0.226. The van der Waals surface area contributed by atoms with Crippen LogP contribution in [0.4, 0.5) is 5.69 Å². The van der Waals surface area contributed by atoms with Crippen molar-refractivity contribution in [2.24, 2.45) is 0 Å². The van der Waals surface area contributed by atoms with Gasteiger partial charge in [0.05, 0.1) is 25.3 Å². The van der Waals surface area contributed by atoms with E-state index in [4.69, 9.17) is 10.00 Å². The molecule has 0 bridgehead atoms. The molecule has 0 spiro atoms. The van der Waals surface area contributed by atoms with Gasteiger partial charge in [-0.05, 0) is 19.1 Å². The van der Waals surface area contributed by atoms with Gasteiger partial charge >= 0.3 is 0 Å². The first kappa shape index (κ1) is 12.7. The van der Waals surface area contributed by atoms with Crippen molar-refractivity contribution in [1.29, 1.82) is 5.26 Å². The molecule has 2 unspecified atom stereocenters. The number of ether oxygens (including phenoxy) is 1. The summed E-state index contributed by atoms with van der Waals surface area (Å²) in [6, 6.07) is 10.9. The van der Waals surface area contributed by atoms with Gasteiger partial charge in [-0.2, -0.15) is 5.26 Å². The largest absolute Gasteiger partial charge is 0.495 e. The van der Waals surface area contributed by atoms with E-state index in [1.165, 1.54) is 0 Å². The van der Waals surface area contributed by atoms with Crippen molar-refractivity contribution in [2.45, 2.75) is 25.4 Å². The van der Waals surface area contributed by atoms with Gasteiger partial charge in [0.1, 0.15) is 5.75 Å². The number of nitriles is 1. The Morgan fingerprint density at radius 2 is 2.22 bits per heavy atom. The Kier molecular flexibility index (Phi) is 4.06. The summed E-state index contributed by atoms with van der Waals surface area (Å²) < 4.78 is 5.40. The van der Waals surface area contributed by atoms with E-state index < -0.39 is 0 Å². The molecule has 1 aliphatic heterocycles. The molecule has 96 valence electrons. The average molecular weight is 245 g/mol.